The minimum absolute atomic E-state index is 0.142. The highest BCUT2D eigenvalue weighted by Gasteiger charge is 2.37. The molecule has 3 N–H and O–H groups in total. The summed E-state index contributed by atoms with van der Waals surface area (Å²) in [7, 11) is 3.63. The average molecular weight is 865 g/mol. The van der Waals surface area contributed by atoms with Gasteiger partial charge in [-0.3, -0.25) is 28.8 Å². The number of para-hydroxylation sites is 1. The molecule has 1 saturated carbocycles. The molecule has 3 fully saturated rings. The molecular formula is C43H48F4N8O5S. The van der Waals surface area contributed by atoms with Crippen molar-refractivity contribution in [2.75, 3.05) is 36.9 Å². The number of nitrogens with one attached hydrogen (secondary N) is 2. The number of benzene rings is 2. The van der Waals surface area contributed by atoms with Gasteiger partial charge in [0.25, 0.3) is 5.91 Å². The first-order valence-electron chi connectivity index (χ1n) is 20.5. The number of alkyl halides is 4. The van der Waals surface area contributed by atoms with Crippen LogP contribution in [0.5, 0.6) is 0 Å². The van der Waals surface area contributed by atoms with E-state index in [4.69, 9.17) is 4.98 Å². The summed E-state index contributed by atoms with van der Waals surface area (Å²) >= 11 is 1.49. The molecule has 3 aliphatic rings. The first kappa shape index (κ1) is 42.5. The molecule has 0 radical (unpaired) electrons. The van der Waals surface area contributed by atoms with Crippen LogP contribution in [0.15, 0.2) is 53.3 Å². The number of hydrogen-bond acceptors (Lipinski definition) is 10. The molecule has 3 amide bonds. The zero-order valence-electron chi connectivity index (χ0n) is 34.3. The van der Waals surface area contributed by atoms with Gasteiger partial charge in [0.2, 0.25) is 11.8 Å². The van der Waals surface area contributed by atoms with E-state index in [1.165, 1.54) is 26.5 Å². The van der Waals surface area contributed by atoms with Crippen molar-refractivity contribution in [1.82, 2.24) is 29.3 Å². The standard InChI is InChI=1S/C43H48F4N8O5S/c1-42(2,60)25-19-29-34(20-28(25)49-38(57)27-7-5-10-35(48-27)43(45,46)47)61-40(50-29)24-13-11-23(12-14-24)21-52(3)30-17-18-54(22-26(30)44)31-8-6-9-32-37(31)53(4)41(59)55(32)33-15-16-36(56)51-39(33)58/h5-10,19-20,23-24,26,30,33,60H,11-18,21-22H2,1-4H3,(H,49,57)(H,51,56,58)/t23?,24?,26-,30+,33?/m0/s1. The number of pyridine rings is 1. The average Bonchev–Trinajstić information content (AvgIpc) is 3.74. The van der Waals surface area contributed by atoms with E-state index in [0.29, 0.717) is 41.0 Å². The molecule has 3 aromatic heterocycles. The second-order valence-corrected chi connectivity index (χ2v) is 18.2. The summed E-state index contributed by atoms with van der Waals surface area (Å²) in [5.74, 6) is -1.14. The maximum Gasteiger partial charge on any atom is 0.433 e. The minimum atomic E-state index is -4.71. The highest BCUT2D eigenvalue weighted by molar-refractivity contribution is 7.18. The van der Waals surface area contributed by atoms with E-state index in [1.54, 1.807) is 39.1 Å². The van der Waals surface area contributed by atoms with Crippen LogP contribution >= 0.6 is 11.3 Å². The number of halogens is 4. The molecule has 2 aliphatic heterocycles. The molecule has 324 valence electrons. The van der Waals surface area contributed by atoms with Crippen LogP contribution in [0.2, 0.25) is 0 Å². The number of carbonyl (C=O) groups is 3. The molecular weight excluding hydrogens is 817 g/mol. The monoisotopic (exact) mass is 864 g/mol. The number of thiazole rings is 1. The highest BCUT2D eigenvalue weighted by atomic mass is 32.1. The number of imidazole rings is 1. The third-order valence-corrected chi connectivity index (χ3v) is 13.7. The van der Waals surface area contributed by atoms with Crippen molar-refractivity contribution >= 4 is 61.7 Å². The van der Waals surface area contributed by atoms with Crippen molar-refractivity contribution in [2.45, 2.75) is 94.7 Å². The quantitative estimate of drug-likeness (QED) is 0.109. The van der Waals surface area contributed by atoms with Gasteiger partial charge in [-0.1, -0.05) is 12.1 Å². The topological polar surface area (TPSA) is 155 Å². The first-order valence-corrected chi connectivity index (χ1v) is 21.3. The number of anilines is 2. The van der Waals surface area contributed by atoms with Gasteiger partial charge in [-0.2, -0.15) is 13.2 Å². The number of nitrogens with zero attached hydrogens (tertiary/aromatic N) is 6. The van der Waals surface area contributed by atoms with E-state index in [0.717, 1.165) is 59.8 Å². The predicted octanol–water partition coefficient (Wildman–Crippen LogP) is 6.64. The van der Waals surface area contributed by atoms with Crippen molar-refractivity contribution in [3.8, 4) is 0 Å². The summed E-state index contributed by atoms with van der Waals surface area (Å²) in [4.78, 5) is 63.6. The number of piperidine rings is 2. The molecule has 5 aromatic rings. The van der Waals surface area contributed by atoms with E-state index in [1.807, 2.05) is 24.1 Å². The Balaban J connectivity index is 0.900. The fourth-order valence-electron chi connectivity index (χ4n) is 9.33. The van der Waals surface area contributed by atoms with Gasteiger partial charge in [-0.05, 0) is 102 Å². The summed E-state index contributed by atoms with van der Waals surface area (Å²) in [6, 6.07) is 10.9. The number of fused-ring (bicyclic) bond motifs is 2. The SMILES string of the molecule is CN(CC1CCC(c2nc3cc(C(C)(C)O)c(NC(=O)c4cccc(C(F)(F)F)n4)cc3s2)CC1)[C@@H]1CCN(c2cccc3c2n(C)c(=O)n3C2CCC(=O)NC2=O)C[C@@H]1F. The second-order valence-electron chi connectivity index (χ2n) is 17.1. The summed E-state index contributed by atoms with van der Waals surface area (Å²) in [5, 5.41) is 16.9. The molecule has 61 heavy (non-hydrogen) atoms. The predicted molar refractivity (Wildman–Crippen MR) is 223 cm³/mol. The minimum Gasteiger partial charge on any atom is -0.386 e. The molecule has 1 unspecified atom stereocenters. The zero-order chi connectivity index (χ0) is 43.5. The summed E-state index contributed by atoms with van der Waals surface area (Å²) < 4.78 is 59.7. The fraction of sp³-hybridized carbons (Fsp3) is 0.488. The lowest BCUT2D eigenvalue weighted by Gasteiger charge is -2.42. The Morgan fingerprint density at radius 1 is 1.02 bits per heavy atom. The molecule has 0 spiro atoms. The number of aromatic nitrogens is 4. The normalized spacial score (nSPS) is 22.9. The van der Waals surface area contributed by atoms with Gasteiger partial charge in [0, 0.05) is 49.8 Å². The molecule has 2 aromatic carbocycles. The van der Waals surface area contributed by atoms with Gasteiger partial charge < -0.3 is 20.2 Å². The Morgan fingerprint density at radius 2 is 1.75 bits per heavy atom. The van der Waals surface area contributed by atoms with Crippen LogP contribution in [0.4, 0.5) is 28.9 Å². The number of aryl methyl sites for hydroxylation is 1. The van der Waals surface area contributed by atoms with Gasteiger partial charge in [0.05, 0.1) is 44.1 Å². The molecule has 0 bridgehead atoms. The van der Waals surface area contributed by atoms with Crippen molar-refractivity contribution < 1.29 is 37.1 Å². The Labute approximate surface area is 352 Å². The zero-order valence-corrected chi connectivity index (χ0v) is 35.1. The Morgan fingerprint density at radius 3 is 2.44 bits per heavy atom. The summed E-state index contributed by atoms with van der Waals surface area (Å²) in [6.45, 7) is 4.60. The van der Waals surface area contributed by atoms with Crippen molar-refractivity contribution in [2.24, 2.45) is 13.0 Å². The highest BCUT2D eigenvalue weighted by Crippen LogP contribution is 2.42. The number of aliphatic hydroxyl groups is 1. The summed E-state index contributed by atoms with van der Waals surface area (Å²) in [6.07, 6.45) is -1.26. The van der Waals surface area contributed by atoms with E-state index in [2.05, 4.69) is 20.5 Å². The smallest absolute Gasteiger partial charge is 0.386 e. The molecule has 8 rings (SSSR count). The van der Waals surface area contributed by atoms with Crippen LogP contribution < -0.4 is 21.2 Å². The number of imide groups is 1. The Hall–Kier alpha value is -5.20. The van der Waals surface area contributed by atoms with Crippen molar-refractivity contribution in [1.29, 1.82) is 0 Å². The van der Waals surface area contributed by atoms with Crippen LogP contribution in [0.3, 0.4) is 0 Å². The largest absolute Gasteiger partial charge is 0.433 e. The molecule has 2 saturated heterocycles. The van der Waals surface area contributed by atoms with Gasteiger partial charge in [0.15, 0.2) is 0 Å². The Kier molecular flexibility index (Phi) is 11.3. The number of rotatable bonds is 9. The van der Waals surface area contributed by atoms with E-state index >= 15 is 4.39 Å². The van der Waals surface area contributed by atoms with E-state index in [9.17, 15) is 37.5 Å². The lowest BCUT2D eigenvalue weighted by atomic mass is 9.81. The molecule has 1 aliphatic carbocycles. The molecule has 3 atom stereocenters. The number of hydrogen-bond donors (Lipinski definition) is 3. The molecule has 5 heterocycles. The van der Waals surface area contributed by atoms with Gasteiger partial charge in [-0.15, -0.1) is 11.3 Å². The van der Waals surface area contributed by atoms with Crippen LogP contribution in [-0.4, -0.2) is 85.7 Å². The maximum atomic E-state index is 16.2. The fourth-order valence-corrected chi connectivity index (χ4v) is 10.5. The van der Waals surface area contributed by atoms with Crippen molar-refractivity contribution in [3.63, 3.8) is 0 Å². The van der Waals surface area contributed by atoms with Crippen LogP contribution in [0.1, 0.15) is 97.5 Å². The lowest BCUT2D eigenvalue weighted by Crippen LogP contribution is -2.52. The second kappa shape index (κ2) is 16.2. The van der Waals surface area contributed by atoms with Gasteiger partial charge in [-0.25, -0.2) is 19.2 Å². The number of amides is 3. The Bertz CT molecular complexity index is 2570. The maximum absolute atomic E-state index is 16.2. The van der Waals surface area contributed by atoms with Gasteiger partial charge >= 0.3 is 11.9 Å². The third kappa shape index (κ3) is 8.41. The van der Waals surface area contributed by atoms with Gasteiger partial charge in [0.1, 0.15) is 23.6 Å². The lowest BCUT2D eigenvalue weighted by molar-refractivity contribution is -0.141. The van der Waals surface area contributed by atoms with Crippen molar-refractivity contribution in [3.05, 3.63) is 81.0 Å². The number of carbonyl (C=O) groups excluding carboxylic acids is 3. The van der Waals surface area contributed by atoms with Crippen LogP contribution in [0.25, 0.3) is 21.3 Å². The van der Waals surface area contributed by atoms with Crippen LogP contribution in [0, 0.1) is 5.92 Å². The third-order valence-electron chi connectivity index (χ3n) is 12.5. The molecule has 13 nitrogen and oxygen atoms in total. The van der Waals surface area contributed by atoms with Crippen LogP contribution in [-0.2, 0) is 28.4 Å². The van der Waals surface area contributed by atoms with E-state index in [-0.39, 0.29) is 48.6 Å². The summed E-state index contributed by atoms with van der Waals surface area (Å²) in [5.41, 5.74) is -0.153. The first-order chi connectivity index (χ1) is 28.9. The van der Waals surface area contributed by atoms with E-state index < -0.39 is 47.2 Å². The molecule has 18 heteroatoms.